The molecule has 0 saturated carbocycles. The number of nitrogens with zero attached hydrogens (tertiary/aromatic N) is 3. The average molecular weight is 590 g/mol. The van der Waals surface area contributed by atoms with Gasteiger partial charge in [-0.1, -0.05) is 5.21 Å². The van der Waals surface area contributed by atoms with Gasteiger partial charge in [-0.05, 0) is 6.92 Å². The number of ether oxygens (including phenoxy) is 4. The molecular weight excluding hydrogens is 550 g/mol. The first-order valence-electron chi connectivity index (χ1n) is 12.7. The van der Waals surface area contributed by atoms with Gasteiger partial charge >= 0.3 is 6.09 Å². The van der Waals surface area contributed by atoms with Crippen LogP contribution in [0.5, 0.6) is 0 Å². The van der Waals surface area contributed by atoms with Gasteiger partial charge in [0.15, 0.2) is 0 Å². The van der Waals surface area contributed by atoms with Crippen LogP contribution in [0.2, 0.25) is 0 Å². The average Bonchev–Trinajstić information content (AvgIpc) is 3.42. The van der Waals surface area contributed by atoms with E-state index in [4.69, 9.17) is 24.8 Å². The maximum absolute atomic E-state index is 11.8. The van der Waals surface area contributed by atoms with Crippen LogP contribution in [-0.2, 0) is 56.1 Å². The molecule has 19 nitrogen and oxygen atoms in total. The Kier molecular flexibility index (Phi) is 19.6. The molecule has 0 saturated heterocycles. The molecule has 0 aliphatic rings. The molecule has 0 aromatic carbocycles. The first-order chi connectivity index (χ1) is 19.8. The number of aromatic nitrogens is 3. The lowest BCUT2D eigenvalue weighted by Crippen LogP contribution is -2.45. The molecule has 7 N–H and O–H groups in total. The minimum absolute atomic E-state index is 0.0782. The standard InChI is InChI=1S/C22H39N9O10/c1-2-37-7-8-39-10-9-38-6-5-31-14-17(29-30-31)15-40-22(36)25-4-3-24-18(32)11-26-19(33)12-27-20(34)13-28-21(35)16-41-23/h14H,2-13,15-16,23H2,1H3,(H,24,32)(H,25,36)(H,26,33)(H,27,34)(H,28,35). The maximum atomic E-state index is 11.8. The van der Waals surface area contributed by atoms with E-state index in [0.717, 1.165) is 0 Å². The molecule has 0 unspecified atom stereocenters. The quantitative estimate of drug-likeness (QED) is 0.0526. The van der Waals surface area contributed by atoms with Gasteiger partial charge in [-0.3, -0.25) is 24.0 Å². The van der Waals surface area contributed by atoms with Gasteiger partial charge in [0, 0.05) is 19.7 Å². The second-order valence-electron chi connectivity index (χ2n) is 7.89. The monoisotopic (exact) mass is 589 g/mol. The van der Waals surface area contributed by atoms with E-state index in [1.54, 1.807) is 10.9 Å². The van der Waals surface area contributed by atoms with Crippen LogP contribution < -0.4 is 32.5 Å². The summed E-state index contributed by atoms with van der Waals surface area (Å²) in [5.41, 5.74) is 0.450. The largest absolute Gasteiger partial charge is 0.443 e. The van der Waals surface area contributed by atoms with Gasteiger partial charge in [-0.15, -0.1) is 5.10 Å². The van der Waals surface area contributed by atoms with E-state index in [1.165, 1.54) is 0 Å². The Morgan fingerprint density at radius 1 is 0.780 bits per heavy atom. The molecule has 1 aromatic heterocycles. The zero-order valence-corrected chi connectivity index (χ0v) is 23.0. The van der Waals surface area contributed by atoms with E-state index in [0.29, 0.717) is 51.9 Å². The molecule has 0 aliphatic carbocycles. The molecule has 1 rings (SSSR count). The van der Waals surface area contributed by atoms with Crippen molar-refractivity contribution in [3.8, 4) is 0 Å². The lowest BCUT2D eigenvalue weighted by Gasteiger charge is -2.09. The van der Waals surface area contributed by atoms with Gasteiger partial charge < -0.3 is 45.5 Å². The summed E-state index contributed by atoms with van der Waals surface area (Å²) in [5.74, 6) is 2.38. The van der Waals surface area contributed by atoms with Crippen molar-refractivity contribution >= 4 is 29.7 Å². The molecule has 0 spiro atoms. The second-order valence-corrected chi connectivity index (χ2v) is 7.89. The molecule has 0 bridgehead atoms. The molecule has 1 aromatic rings. The maximum Gasteiger partial charge on any atom is 0.407 e. The first-order valence-corrected chi connectivity index (χ1v) is 12.7. The van der Waals surface area contributed by atoms with Crippen molar-refractivity contribution < 1.29 is 47.8 Å². The van der Waals surface area contributed by atoms with Crippen molar-refractivity contribution in [2.24, 2.45) is 5.90 Å². The molecular formula is C22H39N9O10. The zero-order chi connectivity index (χ0) is 30.1. The summed E-state index contributed by atoms with van der Waals surface area (Å²) in [6.45, 7) is 4.02. The number of carbonyl (C=O) groups is 5. The van der Waals surface area contributed by atoms with Gasteiger partial charge in [0.2, 0.25) is 23.6 Å². The number of hydrogen-bond acceptors (Lipinski definition) is 13. The summed E-state index contributed by atoms with van der Waals surface area (Å²) in [5, 5.41) is 19.6. The van der Waals surface area contributed by atoms with Crippen LogP contribution in [0.25, 0.3) is 0 Å². The molecule has 232 valence electrons. The molecule has 0 aliphatic heterocycles. The van der Waals surface area contributed by atoms with Gasteiger partial charge in [-0.25, -0.2) is 15.4 Å². The van der Waals surface area contributed by atoms with Crippen LogP contribution in [0.3, 0.4) is 0 Å². The van der Waals surface area contributed by atoms with Crippen LogP contribution in [0.15, 0.2) is 6.20 Å². The number of amides is 5. The highest BCUT2D eigenvalue weighted by Gasteiger charge is 2.10. The lowest BCUT2D eigenvalue weighted by molar-refractivity contribution is -0.130. The van der Waals surface area contributed by atoms with Crippen molar-refractivity contribution in [2.45, 2.75) is 20.1 Å². The van der Waals surface area contributed by atoms with E-state index in [-0.39, 0.29) is 32.8 Å². The van der Waals surface area contributed by atoms with Crippen LogP contribution in [0, 0.1) is 0 Å². The fourth-order valence-electron chi connectivity index (χ4n) is 2.66. The Balaban J connectivity index is 2.03. The number of nitrogens with two attached hydrogens (primary N) is 1. The lowest BCUT2D eigenvalue weighted by atomic mass is 10.4. The Labute approximate surface area is 236 Å². The zero-order valence-electron chi connectivity index (χ0n) is 23.0. The van der Waals surface area contributed by atoms with Crippen LogP contribution >= 0.6 is 0 Å². The fourth-order valence-corrected chi connectivity index (χ4v) is 2.66. The molecule has 19 heteroatoms. The van der Waals surface area contributed by atoms with Crippen molar-refractivity contribution in [1.29, 1.82) is 0 Å². The normalized spacial score (nSPS) is 10.5. The first kappa shape index (κ1) is 35.1. The third-order valence-corrected chi connectivity index (χ3v) is 4.62. The van der Waals surface area contributed by atoms with Crippen LogP contribution in [-0.4, -0.2) is 124 Å². The summed E-state index contributed by atoms with van der Waals surface area (Å²) in [7, 11) is 0. The van der Waals surface area contributed by atoms with Gasteiger partial charge in [0.1, 0.15) is 18.9 Å². The Morgan fingerprint density at radius 3 is 1.98 bits per heavy atom. The third kappa shape index (κ3) is 19.7. The minimum Gasteiger partial charge on any atom is -0.443 e. The number of rotatable bonds is 23. The summed E-state index contributed by atoms with van der Waals surface area (Å²) in [6.07, 6.45) is 0.920. The predicted octanol–water partition coefficient (Wildman–Crippen LogP) is -4.07. The number of alkyl carbamates (subject to hydrolysis) is 1. The van der Waals surface area contributed by atoms with E-state index < -0.39 is 42.9 Å². The summed E-state index contributed by atoms with van der Waals surface area (Å²) >= 11 is 0. The third-order valence-electron chi connectivity index (χ3n) is 4.62. The van der Waals surface area contributed by atoms with Crippen molar-refractivity contribution in [3.05, 3.63) is 11.9 Å². The molecule has 0 radical (unpaired) electrons. The number of carbonyl (C=O) groups excluding carboxylic acids is 5. The van der Waals surface area contributed by atoms with E-state index in [1.807, 2.05) is 6.92 Å². The minimum atomic E-state index is -0.711. The summed E-state index contributed by atoms with van der Waals surface area (Å²) < 4.78 is 22.6. The highest BCUT2D eigenvalue weighted by atomic mass is 16.6. The fraction of sp³-hybridized carbons (Fsp3) is 0.682. The second kappa shape index (κ2) is 22.9. The van der Waals surface area contributed by atoms with E-state index >= 15 is 0 Å². The molecule has 1 heterocycles. The molecule has 0 fully saturated rings. The molecule has 41 heavy (non-hydrogen) atoms. The van der Waals surface area contributed by atoms with Crippen molar-refractivity contribution in [3.63, 3.8) is 0 Å². The Bertz CT molecular complexity index is 931. The number of nitrogens with one attached hydrogen (secondary N) is 5. The van der Waals surface area contributed by atoms with Crippen LogP contribution in [0.4, 0.5) is 4.79 Å². The van der Waals surface area contributed by atoms with Crippen molar-refractivity contribution in [2.75, 3.05) is 79.0 Å². The predicted molar refractivity (Wildman–Crippen MR) is 139 cm³/mol. The van der Waals surface area contributed by atoms with Crippen molar-refractivity contribution in [1.82, 2.24) is 41.6 Å². The van der Waals surface area contributed by atoms with Crippen LogP contribution in [0.1, 0.15) is 12.6 Å². The summed E-state index contributed by atoms with van der Waals surface area (Å²) in [6, 6.07) is 0. The van der Waals surface area contributed by atoms with E-state index in [2.05, 4.69) is 41.7 Å². The Morgan fingerprint density at radius 2 is 1.34 bits per heavy atom. The topological polar surface area (TPSA) is 248 Å². The molecule has 0 atom stereocenters. The highest BCUT2D eigenvalue weighted by molar-refractivity contribution is 5.90. The Hall–Kier alpha value is -3.91. The highest BCUT2D eigenvalue weighted by Crippen LogP contribution is 1.97. The van der Waals surface area contributed by atoms with Gasteiger partial charge in [-0.2, -0.15) is 0 Å². The SMILES string of the molecule is CCOCCOCCOCCn1cc(COC(=O)NCCNC(=O)CNC(=O)CNC(=O)CNC(=O)CON)nn1. The van der Waals surface area contributed by atoms with E-state index in [9.17, 15) is 24.0 Å². The number of hydrogen-bond donors (Lipinski definition) is 6. The smallest absolute Gasteiger partial charge is 0.407 e. The summed E-state index contributed by atoms with van der Waals surface area (Å²) in [4.78, 5) is 62.1. The van der Waals surface area contributed by atoms with Gasteiger partial charge in [0.25, 0.3) is 0 Å². The molecule has 5 amide bonds. The van der Waals surface area contributed by atoms with Gasteiger partial charge in [0.05, 0.1) is 65.4 Å².